The summed E-state index contributed by atoms with van der Waals surface area (Å²) in [5.74, 6) is -2.29. The second-order valence-corrected chi connectivity index (χ2v) is 8.04. The highest BCUT2D eigenvalue weighted by Gasteiger charge is 2.16. The van der Waals surface area contributed by atoms with Crippen LogP contribution >= 0.6 is 0 Å². The predicted octanol–water partition coefficient (Wildman–Crippen LogP) is 3.70. The number of aromatic hydroxyl groups is 1. The average Bonchev–Trinajstić information content (AvgIpc) is 2.96. The third-order valence-corrected chi connectivity index (χ3v) is 5.35. The molecule has 1 N–H and O–H groups in total. The van der Waals surface area contributed by atoms with Crippen LogP contribution in [0.2, 0.25) is 0 Å². The summed E-state index contributed by atoms with van der Waals surface area (Å²) >= 11 is 0. The smallest absolute Gasteiger partial charge is 0.338 e. The summed E-state index contributed by atoms with van der Waals surface area (Å²) in [6.45, 7) is -0.0616. The van der Waals surface area contributed by atoms with E-state index < -0.39 is 23.9 Å². The Labute approximate surface area is 223 Å². The monoisotopic (exact) mass is 538 g/mol. The topological polar surface area (TPSA) is 144 Å². The maximum Gasteiger partial charge on any atom is 0.338 e. The van der Waals surface area contributed by atoms with Crippen molar-refractivity contribution in [2.75, 3.05) is 28.4 Å². The standard InChI is InChI=1S/C28H26O11/c1-34-25(30)18-8-19(26(31)35-2)11-23(10-18)38-14-16-5-17(7-22(29)6-16)15-39-24-12-20(27(32)36-3)9-21(13-24)28(33)37-4/h5-13,29H,14-15H2,1-4H3. The van der Waals surface area contributed by atoms with Gasteiger partial charge in [0.05, 0.1) is 50.7 Å². The predicted molar refractivity (Wildman–Crippen MR) is 135 cm³/mol. The highest BCUT2D eigenvalue weighted by Crippen LogP contribution is 2.24. The van der Waals surface area contributed by atoms with E-state index in [2.05, 4.69) is 0 Å². The van der Waals surface area contributed by atoms with Crippen molar-refractivity contribution in [1.82, 2.24) is 0 Å². The minimum atomic E-state index is -0.658. The number of esters is 4. The first-order chi connectivity index (χ1) is 18.7. The number of phenolic OH excluding ortho intramolecular Hbond substituents is 1. The van der Waals surface area contributed by atoms with Crippen LogP contribution in [0, 0.1) is 0 Å². The lowest BCUT2D eigenvalue weighted by atomic mass is 10.1. The van der Waals surface area contributed by atoms with Crippen molar-refractivity contribution in [3.63, 3.8) is 0 Å². The molecule has 39 heavy (non-hydrogen) atoms. The summed E-state index contributed by atoms with van der Waals surface area (Å²) in [5, 5.41) is 10.2. The minimum Gasteiger partial charge on any atom is -0.508 e. The zero-order valence-electron chi connectivity index (χ0n) is 21.6. The third kappa shape index (κ3) is 7.48. The van der Waals surface area contributed by atoms with Gasteiger partial charge in [-0.2, -0.15) is 0 Å². The van der Waals surface area contributed by atoms with Crippen molar-refractivity contribution in [3.05, 3.63) is 88.0 Å². The highest BCUT2D eigenvalue weighted by molar-refractivity contribution is 5.96. The summed E-state index contributed by atoms with van der Waals surface area (Å²) in [7, 11) is 4.86. The molecule has 0 unspecified atom stereocenters. The minimum absolute atomic E-state index is 0.0308. The van der Waals surface area contributed by atoms with Gasteiger partial charge in [-0.1, -0.05) is 0 Å². The number of methoxy groups -OCH3 is 4. The average molecular weight is 539 g/mol. The fourth-order valence-corrected chi connectivity index (χ4v) is 3.55. The number of carbonyl (C=O) groups excluding carboxylic acids is 4. The van der Waals surface area contributed by atoms with Gasteiger partial charge >= 0.3 is 23.9 Å². The van der Waals surface area contributed by atoms with E-state index in [4.69, 9.17) is 28.4 Å². The SMILES string of the molecule is COC(=O)c1cc(OCc2cc(O)cc(COc3cc(C(=O)OC)cc(C(=O)OC)c3)c2)cc(C(=O)OC)c1. The largest absolute Gasteiger partial charge is 0.508 e. The molecule has 0 saturated carbocycles. The molecule has 204 valence electrons. The molecule has 3 rings (SSSR count). The van der Waals surface area contributed by atoms with E-state index in [0.717, 1.165) is 0 Å². The summed E-state index contributed by atoms with van der Waals surface area (Å²) in [4.78, 5) is 48.0. The summed E-state index contributed by atoms with van der Waals surface area (Å²) in [6, 6.07) is 13.0. The third-order valence-electron chi connectivity index (χ3n) is 5.35. The van der Waals surface area contributed by atoms with E-state index in [9.17, 15) is 24.3 Å². The van der Waals surface area contributed by atoms with Gasteiger partial charge in [-0.3, -0.25) is 0 Å². The normalized spacial score (nSPS) is 10.3. The van der Waals surface area contributed by atoms with Crippen LogP contribution in [0.1, 0.15) is 52.6 Å². The van der Waals surface area contributed by atoms with Gasteiger partial charge in [-0.15, -0.1) is 0 Å². The maximum atomic E-state index is 12.0. The van der Waals surface area contributed by atoms with E-state index in [1.807, 2.05) is 0 Å². The first-order valence-corrected chi connectivity index (χ1v) is 11.4. The fraction of sp³-hybridized carbons (Fsp3) is 0.214. The van der Waals surface area contributed by atoms with Crippen molar-refractivity contribution >= 4 is 23.9 Å². The molecule has 0 spiro atoms. The summed E-state index contributed by atoms with van der Waals surface area (Å²) in [5.41, 5.74) is 1.49. The molecule has 0 amide bonds. The van der Waals surface area contributed by atoms with E-state index in [-0.39, 0.29) is 52.7 Å². The number of ether oxygens (including phenoxy) is 6. The highest BCUT2D eigenvalue weighted by atomic mass is 16.5. The van der Waals surface area contributed by atoms with Gasteiger partial charge in [0.1, 0.15) is 30.5 Å². The second kappa shape index (κ2) is 13.0. The Morgan fingerprint density at radius 3 is 1.10 bits per heavy atom. The molecule has 0 fully saturated rings. The Bertz CT molecular complexity index is 1220. The Morgan fingerprint density at radius 2 is 0.821 bits per heavy atom. The molecule has 0 heterocycles. The first kappa shape index (κ1) is 28.5. The zero-order valence-corrected chi connectivity index (χ0v) is 21.6. The summed E-state index contributed by atoms with van der Waals surface area (Å²) in [6.07, 6.45) is 0. The lowest BCUT2D eigenvalue weighted by Crippen LogP contribution is -2.08. The maximum absolute atomic E-state index is 12.0. The van der Waals surface area contributed by atoms with Gasteiger partial charge in [-0.25, -0.2) is 19.2 Å². The van der Waals surface area contributed by atoms with Crippen LogP contribution in [0.4, 0.5) is 0 Å². The van der Waals surface area contributed by atoms with Crippen LogP contribution < -0.4 is 9.47 Å². The van der Waals surface area contributed by atoms with Crippen LogP contribution in [0.5, 0.6) is 17.2 Å². The van der Waals surface area contributed by atoms with Crippen molar-refractivity contribution in [2.24, 2.45) is 0 Å². The number of phenols is 1. The zero-order chi connectivity index (χ0) is 28.5. The van der Waals surface area contributed by atoms with Crippen LogP contribution in [-0.2, 0) is 32.2 Å². The fourth-order valence-electron chi connectivity index (χ4n) is 3.55. The van der Waals surface area contributed by atoms with E-state index in [1.54, 1.807) is 6.07 Å². The van der Waals surface area contributed by atoms with Gasteiger partial charge < -0.3 is 33.5 Å². The summed E-state index contributed by atoms with van der Waals surface area (Å²) < 4.78 is 30.5. The van der Waals surface area contributed by atoms with Crippen molar-refractivity contribution < 1.29 is 52.7 Å². The molecule has 0 atom stereocenters. The molecule has 0 aliphatic carbocycles. The number of hydrogen-bond acceptors (Lipinski definition) is 11. The van der Waals surface area contributed by atoms with Crippen LogP contribution in [-0.4, -0.2) is 57.4 Å². The molecule has 3 aromatic carbocycles. The lowest BCUT2D eigenvalue weighted by molar-refractivity contribution is 0.0580. The Balaban J connectivity index is 1.79. The van der Waals surface area contributed by atoms with Crippen LogP contribution in [0.15, 0.2) is 54.6 Å². The first-order valence-electron chi connectivity index (χ1n) is 11.4. The number of benzene rings is 3. The van der Waals surface area contributed by atoms with E-state index >= 15 is 0 Å². The molecule has 0 saturated heterocycles. The molecule has 11 heteroatoms. The molecule has 0 aliphatic heterocycles. The Hall–Kier alpha value is -5.06. The Kier molecular flexibility index (Phi) is 9.47. The molecular weight excluding hydrogens is 512 g/mol. The number of hydrogen-bond donors (Lipinski definition) is 1. The van der Waals surface area contributed by atoms with Crippen molar-refractivity contribution in [2.45, 2.75) is 13.2 Å². The molecule has 0 radical (unpaired) electrons. The second-order valence-electron chi connectivity index (χ2n) is 8.04. The molecule has 0 bridgehead atoms. The molecule has 11 nitrogen and oxygen atoms in total. The quantitative estimate of drug-likeness (QED) is 0.298. The molecule has 0 aromatic heterocycles. The van der Waals surface area contributed by atoms with Crippen molar-refractivity contribution in [3.8, 4) is 17.2 Å². The van der Waals surface area contributed by atoms with E-state index in [0.29, 0.717) is 11.1 Å². The molecule has 0 aliphatic rings. The van der Waals surface area contributed by atoms with Crippen LogP contribution in [0.3, 0.4) is 0 Å². The van der Waals surface area contributed by atoms with E-state index in [1.165, 1.54) is 77.0 Å². The molecular formula is C28H26O11. The number of carbonyl (C=O) groups is 4. The number of rotatable bonds is 10. The Morgan fingerprint density at radius 1 is 0.513 bits per heavy atom. The van der Waals surface area contributed by atoms with Gasteiger partial charge in [0.25, 0.3) is 0 Å². The van der Waals surface area contributed by atoms with Crippen LogP contribution in [0.25, 0.3) is 0 Å². The van der Waals surface area contributed by atoms with Gasteiger partial charge in [0, 0.05) is 0 Å². The molecule has 3 aromatic rings. The van der Waals surface area contributed by atoms with Gasteiger partial charge in [-0.05, 0) is 65.7 Å². The van der Waals surface area contributed by atoms with Crippen molar-refractivity contribution in [1.29, 1.82) is 0 Å². The van der Waals surface area contributed by atoms with Gasteiger partial charge in [0.15, 0.2) is 0 Å². The lowest BCUT2D eigenvalue weighted by Gasteiger charge is -2.13. The van der Waals surface area contributed by atoms with Gasteiger partial charge in [0.2, 0.25) is 0 Å².